The van der Waals surface area contributed by atoms with Gasteiger partial charge in [-0.2, -0.15) is 5.26 Å². The van der Waals surface area contributed by atoms with E-state index in [1.165, 1.54) is 30.6 Å². The summed E-state index contributed by atoms with van der Waals surface area (Å²) in [5.74, 6) is -0.309. The molecule has 0 aliphatic carbocycles. The van der Waals surface area contributed by atoms with Gasteiger partial charge in [0.05, 0.1) is 18.0 Å². The Bertz CT molecular complexity index is 665. The van der Waals surface area contributed by atoms with Crippen molar-refractivity contribution in [3.63, 3.8) is 0 Å². The Hall–Kier alpha value is -2.75. The highest BCUT2D eigenvalue weighted by atomic mass is 19.4. The van der Waals surface area contributed by atoms with Crippen molar-refractivity contribution in [3.05, 3.63) is 42.7 Å². The molecule has 1 aromatic carbocycles. The third-order valence-corrected chi connectivity index (χ3v) is 2.58. The Morgan fingerprint density at radius 2 is 1.95 bits per heavy atom. The first kappa shape index (κ1) is 14.7. The van der Waals surface area contributed by atoms with Crippen LogP contribution in [0.1, 0.15) is 0 Å². The zero-order chi connectivity index (χ0) is 15.3. The Kier molecular flexibility index (Phi) is 4.28. The first-order valence-corrected chi connectivity index (χ1v) is 5.91. The zero-order valence-electron chi connectivity index (χ0n) is 10.7. The van der Waals surface area contributed by atoms with Gasteiger partial charge in [-0.1, -0.05) is 18.2 Å². The van der Waals surface area contributed by atoms with E-state index in [2.05, 4.69) is 15.0 Å². The average Bonchev–Trinajstić information content (AvgIpc) is 2.44. The van der Waals surface area contributed by atoms with E-state index in [-0.39, 0.29) is 17.9 Å². The van der Waals surface area contributed by atoms with Crippen molar-refractivity contribution in [2.75, 3.05) is 11.9 Å². The highest BCUT2D eigenvalue weighted by Gasteiger charge is 2.32. The summed E-state index contributed by atoms with van der Waals surface area (Å²) < 4.78 is 41.4. The number of nitrogens with zero attached hydrogens (tertiary/aromatic N) is 2. The van der Waals surface area contributed by atoms with Crippen molar-refractivity contribution in [2.45, 2.75) is 6.36 Å². The largest absolute Gasteiger partial charge is 0.573 e. The van der Waals surface area contributed by atoms with E-state index in [0.717, 1.165) is 0 Å². The number of rotatable bonds is 4. The summed E-state index contributed by atoms with van der Waals surface area (Å²) in [6.45, 7) is 0.0149. The molecule has 4 nitrogen and oxygen atoms in total. The second-order valence-electron chi connectivity index (χ2n) is 3.98. The van der Waals surface area contributed by atoms with Gasteiger partial charge in [-0.15, -0.1) is 13.2 Å². The second-order valence-corrected chi connectivity index (χ2v) is 3.98. The second kappa shape index (κ2) is 6.13. The summed E-state index contributed by atoms with van der Waals surface area (Å²) in [7, 11) is 0. The summed E-state index contributed by atoms with van der Waals surface area (Å²) in [6.07, 6.45) is -1.88. The third kappa shape index (κ3) is 3.86. The van der Waals surface area contributed by atoms with Gasteiger partial charge in [0.2, 0.25) is 0 Å². The summed E-state index contributed by atoms with van der Waals surface area (Å²) in [6, 6.07) is 9.25. The predicted molar refractivity (Wildman–Crippen MR) is 70.5 cm³/mol. The molecule has 0 aliphatic rings. The lowest BCUT2D eigenvalue weighted by molar-refractivity contribution is -0.274. The minimum atomic E-state index is -4.77. The minimum Gasteiger partial charge on any atom is -0.405 e. The number of halogens is 3. The number of aromatic nitrogens is 1. The molecule has 0 atom stereocenters. The zero-order valence-corrected chi connectivity index (χ0v) is 10.7. The van der Waals surface area contributed by atoms with Crippen LogP contribution in [0.2, 0.25) is 0 Å². The molecule has 7 heteroatoms. The maximum absolute atomic E-state index is 12.4. The van der Waals surface area contributed by atoms with Crippen LogP contribution < -0.4 is 10.1 Å². The summed E-state index contributed by atoms with van der Waals surface area (Å²) in [5.41, 5.74) is 1.19. The molecule has 108 valence electrons. The molecule has 0 bridgehead atoms. The highest BCUT2D eigenvalue weighted by molar-refractivity contribution is 5.81. The fraction of sp³-hybridized carbons (Fsp3) is 0.143. The van der Waals surface area contributed by atoms with Crippen LogP contribution in [0.3, 0.4) is 0 Å². The number of benzene rings is 1. The maximum atomic E-state index is 12.4. The molecule has 2 aromatic rings. The van der Waals surface area contributed by atoms with Crippen LogP contribution in [0.15, 0.2) is 42.7 Å². The van der Waals surface area contributed by atoms with Crippen molar-refractivity contribution in [1.29, 1.82) is 5.26 Å². The fourth-order valence-electron chi connectivity index (χ4n) is 1.81. The Morgan fingerprint density at radius 3 is 2.67 bits per heavy atom. The van der Waals surface area contributed by atoms with Crippen LogP contribution in [-0.4, -0.2) is 17.9 Å². The van der Waals surface area contributed by atoms with Crippen molar-refractivity contribution < 1.29 is 17.9 Å². The lowest BCUT2D eigenvalue weighted by Gasteiger charge is -2.15. The standard InChI is InChI=1S/C14H10F3N3O/c15-14(16,17)21-13-4-2-1-3-11(13)10-5-7-19-9-12(10)20-8-6-18/h1-5,7,9,20H,8H2. The SMILES string of the molecule is N#CCNc1cnccc1-c1ccccc1OC(F)(F)F. The number of ether oxygens (including phenoxy) is 1. The van der Waals surface area contributed by atoms with Gasteiger partial charge >= 0.3 is 6.36 Å². The van der Waals surface area contributed by atoms with E-state index >= 15 is 0 Å². The van der Waals surface area contributed by atoms with E-state index in [4.69, 9.17) is 5.26 Å². The first-order valence-electron chi connectivity index (χ1n) is 5.91. The molecule has 2 rings (SSSR count). The summed E-state index contributed by atoms with van der Waals surface area (Å²) in [4.78, 5) is 3.89. The van der Waals surface area contributed by atoms with Crippen molar-refractivity contribution >= 4 is 5.69 Å². The molecule has 1 N–H and O–H groups in total. The smallest absolute Gasteiger partial charge is 0.405 e. The van der Waals surface area contributed by atoms with Gasteiger partial charge in [-0.25, -0.2) is 0 Å². The molecule has 1 heterocycles. The van der Waals surface area contributed by atoms with Gasteiger partial charge in [0.1, 0.15) is 12.3 Å². The van der Waals surface area contributed by atoms with Crippen LogP contribution in [0, 0.1) is 11.3 Å². The molecule has 1 aromatic heterocycles. The molecule has 0 aliphatic heterocycles. The van der Waals surface area contributed by atoms with Gasteiger partial charge in [0.15, 0.2) is 0 Å². The van der Waals surface area contributed by atoms with E-state index in [9.17, 15) is 13.2 Å². The normalized spacial score (nSPS) is 10.8. The Labute approximate surface area is 118 Å². The lowest BCUT2D eigenvalue weighted by Crippen LogP contribution is -2.17. The Morgan fingerprint density at radius 1 is 1.19 bits per heavy atom. The van der Waals surface area contributed by atoms with Crippen molar-refractivity contribution in [1.82, 2.24) is 4.98 Å². The van der Waals surface area contributed by atoms with Crippen LogP contribution in [0.25, 0.3) is 11.1 Å². The predicted octanol–water partition coefficient (Wildman–Crippen LogP) is 3.58. The Balaban J connectivity index is 2.45. The van der Waals surface area contributed by atoms with Crippen molar-refractivity contribution in [3.8, 4) is 22.9 Å². The molecule has 0 fully saturated rings. The number of anilines is 1. The number of alkyl halides is 3. The molecule has 0 unspecified atom stereocenters. The van der Waals surface area contributed by atoms with Crippen LogP contribution in [-0.2, 0) is 0 Å². The van der Waals surface area contributed by atoms with Gasteiger partial charge in [-0.3, -0.25) is 4.98 Å². The summed E-state index contributed by atoms with van der Waals surface area (Å²) in [5, 5.41) is 11.4. The maximum Gasteiger partial charge on any atom is 0.573 e. The number of pyridine rings is 1. The van der Waals surface area contributed by atoms with E-state index in [0.29, 0.717) is 11.3 Å². The topological polar surface area (TPSA) is 57.9 Å². The molecule has 0 amide bonds. The van der Waals surface area contributed by atoms with Crippen molar-refractivity contribution in [2.24, 2.45) is 0 Å². The van der Waals surface area contributed by atoms with Crippen LogP contribution >= 0.6 is 0 Å². The van der Waals surface area contributed by atoms with E-state index in [1.807, 2.05) is 6.07 Å². The molecule has 0 spiro atoms. The number of nitrogens with one attached hydrogen (secondary N) is 1. The van der Waals surface area contributed by atoms with E-state index < -0.39 is 6.36 Å². The average molecular weight is 293 g/mol. The lowest BCUT2D eigenvalue weighted by atomic mass is 10.0. The highest BCUT2D eigenvalue weighted by Crippen LogP contribution is 2.36. The molecule has 0 saturated carbocycles. The number of nitriles is 1. The first-order chi connectivity index (χ1) is 10.0. The van der Waals surface area contributed by atoms with Gasteiger partial charge in [0, 0.05) is 17.3 Å². The van der Waals surface area contributed by atoms with Gasteiger partial charge in [0.25, 0.3) is 0 Å². The molecule has 21 heavy (non-hydrogen) atoms. The van der Waals surface area contributed by atoms with Gasteiger partial charge in [-0.05, 0) is 12.1 Å². The van der Waals surface area contributed by atoms with E-state index in [1.54, 1.807) is 12.1 Å². The number of hydrogen-bond donors (Lipinski definition) is 1. The van der Waals surface area contributed by atoms with Crippen LogP contribution in [0.5, 0.6) is 5.75 Å². The minimum absolute atomic E-state index is 0.0149. The van der Waals surface area contributed by atoms with Gasteiger partial charge < -0.3 is 10.1 Å². The fourth-order valence-corrected chi connectivity index (χ4v) is 1.81. The molecule has 0 saturated heterocycles. The molecule has 0 radical (unpaired) electrons. The quantitative estimate of drug-likeness (QED) is 0.875. The summed E-state index contributed by atoms with van der Waals surface area (Å²) >= 11 is 0. The molecular weight excluding hydrogens is 283 g/mol. The molecular formula is C14H10F3N3O. The monoisotopic (exact) mass is 293 g/mol. The number of hydrogen-bond acceptors (Lipinski definition) is 4. The number of para-hydroxylation sites is 1. The third-order valence-electron chi connectivity index (χ3n) is 2.58. The van der Waals surface area contributed by atoms with Crippen LogP contribution in [0.4, 0.5) is 18.9 Å².